The van der Waals surface area contributed by atoms with Crippen molar-refractivity contribution in [3.8, 4) is 0 Å². The third-order valence-corrected chi connectivity index (χ3v) is 3.75. The van der Waals surface area contributed by atoms with Gasteiger partial charge >= 0.3 is 6.55 Å². The Kier molecular flexibility index (Phi) is 6.05. The summed E-state index contributed by atoms with van der Waals surface area (Å²) in [6.45, 7) is 6.81. The molecule has 126 valence electrons. The summed E-state index contributed by atoms with van der Waals surface area (Å²) in [7, 11) is 0. The van der Waals surface area contributed by atoms with Gasteiger partial charge in [-0.2, -0.15) is 13.9 Å². The van der Waals surface area contributed by atoms with Crippen molar-refractivity contribution in [2.24, 2.45) is 11.7 Å². The first-order valence-electron chi connectivity index (χ1n) is 7.43. The molecular weight excluding hydrogens is 290 g/mol. The minimum absolute atomic E-state index is 0.0259. The van der Waals surface area contributed by atoms with E-state index in [9.17, 15) is 13.6 Å². The van der Waals surface area contributed by atoms with Crippen molar-refractivity contribution in [2.75, 3.05) is 6.54 Å². The van der Waals surface area contributed by atoms with Crippen molar-refractivity contribution in [1.82, 2.24) is 15.1 Å². The maximum Gasteiger partial charge on any atom is 0.333 e. The fraction of sp³-hybridized carbons (Fsp3) is 0.733. The lowest BCUT2D eigenvalue weighted by molar-refractivity contribution is -0.122. The molecule has 1 atom stereocenters. The Balaban J connectivity index is 2.85. The molecule has 3 N–H and O–H groups in total. The van der Waals surface area contributed by atoms with Crippen LogP contribution in [-0.2, 0) is 11.2 Å². The quantitative estimate of drug-likeness (QED) is 0.811. The maximum absolute atomic E-state index is 12.8. The van der Waals surface area contributed by atoms with Gasteiger partial charge < -0.3 is 11.1 Å². The molecule has 1 heterocycles. The number of alkyl halides is 2. The molecule has 1 aromatic heterocycles. The average Bonchev–Trinajstić information content (AvgIpc) is 2.65. The van der Waals surface area contributed by atoms with Gasteiger partial charge in [0.25, 0.3) is 0 Å². The van der Waals surface area contributed by atoms with Gasteiger partial charge in [-0.1, -0.05) is 13.8 Å². The lowest BCUT2D eigenvalue weighted by Gasteiger charge is -2.31. The van der Waals surface area contributed by atoms with Gasteiger partial charge in [-0.3, -0.25) is 4.79 Å². The molecule has 0 fully saturated rings. The van der Waals surface area contributed by atoms with E-state index < -0.39 is 12.1 Å². The van der Waals surface area contributed by atoms with Gasteiger partial charge in [0.05, 0.1) is 12.1 Å². The molecule has 5 nitrogen and oxygen atoms in total. The first kappa shape index (κ1) is 18.5. The summed E-state index contributed by atoms with van der Waals surface area (Å²) in [6, 6.07) is 0. The Bertz CT molecular complexity index is 528. The maximum atomic E-state index is 12.8. The second kappa shape index (κ2) is 7.17. The zero-order valence-corrected chi connectivity index (χ0v) is 13.9. The predicted octanol–water partition coefficient (Wildman–Crippen LogP) is 2.32. The summed E-state index contributed by atoms with van der Waals surface area (Å²) in [5, 5.41) is 6.72. The van der Waals surface area contributed by atoms with Crippen molar-refractivity contribution in [3.05, 3.63) is 17.0 Å². The number of hydrogen-bond donors (Lipinski definition) is 2. The Labute approximate surface area is 130 Å². The summed E-state index contributed by atoms with van der Waals surface area (Å²) in [5.41, 5.74) is 6.59. The molecule has 1 rings (SSSR count). The van der Waals surface area contributed by atoms with Crippen LogP contribution in [0.3, 0.4) is 0 Å². The number of halogens is 2. The molecule has 0 bridgehead atoms. The van der Waals surface area contributed by atoms with Gasteiger partial charge in [0, 0.05) is 23.3 Å². The monoisotopic (exact) mass is 316 g/mol. The SMILES string of the molecule is Cc1nn(C(F)F)c(C)c1CC(=O)NC(C)(CN)CC(C)C. The van der Waals surface area contributed by atoms with Crippen LogP contribution in [0.5, 0.6) is 0 Å². The normalized spacial score (nSPS) is 14.5. The number of nitrogens with two attached hydrogens (primary N) is 1. The molecule has 0 aromatic carbocycles. The number of rotatable bonds is 7. The topological polar surface area (TPSA) is 72.9 Å². The van der Waals surface area contributed by atoms with Crippen LogP contribution in [0.4, 0.5) is 8.78 Å². The van der Waals surface area contributed by atoms with E-state index in [1.807, 2.05) is 6.92 Å². The van der Waals surface area contributed by atoms with Gasteiger partial charge in [0.1, 0.15) is 0 Å². The van der Waals surface area contributed by atoms with Crippen LogP contribution >= 0.6 is 0 Å². The van der Waals surface area contributed by atoms with Crippen molar-refractivity contribution in [3.63, 3.8) is 0 Å². The van der Waals surface area contributed by atoms with Crippen molar-refractivity contribution in [1.29, 1.82) is 0 Å². The van der Waals surface area contributed by atoms with Gasteiger partial charge in [-0.15, -0.1) is 0 Å². The van der Waals surface area contributed by atoms with E-state index in [0.29, 0.717) is 34.1 Å². The largest absolute Gasteiger partial charge is 0.349 e. The zero-order chi connectivity index (χ0) is 17.1. The van der Waals surface area contributed by atoms with Gasteiger partial charge in [0.15, 0.2) is 0 Å². The van der Waals surface area contributed by atoms with Crippen LogP contribution in [0.15, 0.2) is 0 Å². The molecule has 0 aliphatic heterocycles. The Morgan fingerprint density at radius 3 is 2.41 bits per heavy atom. The molecular formula is C15H26F2N4O. The molecule has 7 heteroatoms. The fourth-order valence-corrected chi connectivity index (χ4v) is 2.77. The van der Waals surface area contributed by atoms with Gasteiger partial charge in [0.2, 0.25) is 5.91 Å². The predicted molar refractivity (Wildman–Crippen MR) is 81.7 cm³/mol. The molecule has 1 unspecified atom stereocenters. The van der Waals surface area contributed by atoms with E-state index in [0.717, 1.165) is 6.42 Å². The van der Waals surface area contributed by atoms with E-state index in [1.165, 1.54) is 0 Å². The lowest BCUT2D eigenvalue weighted by atomic mass is 9.90. The van der Waals surface area contributed by atoms with Crippen molar-refractivity contribution in [2.45, 2.75) is 59.5 Å². The van der Waals surface area contributed by atoms with E-state index >= 15 is 0 Å². The van der Waals surface area contributed by atoms with Crippen molar-refractivity contribution >= 4 is 5.91 Å². The van der Waals surface area contributed by atoms with Gasteiger partial charge in [-0.05, 0) is 33.1 Å². The molecule has 1 aromatic rings. The fourth-order valence-electron chi connectivity index (χ4n) is 2.77. The van der Waals surface area contributed by atoms with Crippen LogP contribution in [0, 0.1) is 19.8 Å². The summed E-state index contributed by atoms with van der Waals surface area (Å²) in [6.07, 6.45) is 0.779. The molecule has 0 aliphatic carbocycles. The number of carbonyl (C=O) groups excluding carboxylic acids is 1. The van der Waals surface area contributed by atoms with Crippen LogP contribution in [-0.4, -0.2) is 27.8 Å². The van der Waals surface area contributed by atoms with Crippen LogP contribution in [0.1, 0.15) is 50.7 Å². The van der Waals surface area contributed by atoms with E-state index in [2.05, 4.69) is 24.3 Å². The minimum Gasteiger partial charge on any atom is -0.349 e. The highest BCUT2D eigenvalue weighted by Crippen LogP contribution is 2.20. The Morgan fingerprint density at radius 1 is 1.41 bits per heavy atom. The molecule has 22 heavy (non-hydrogen) atoms. The first-order chi connectivity index (χ1) is 10.1. The second-order valence-electron chi connectivity index (χ2n) is 6.46. The summed E-state index contributed by atoms with van der Waals surface area (Å²) in [5.74, 6) is 0.160. The van der Waals surface area contributed by atoms with Gasteiger partial charge in [-0.25, -0.2) is 4.68 Å². The number of aromatic nitrogens is 2. The molecule has 1 amide bonds. The molecule has 0 spiro atoms. The van der Waals surface area contributed by atoms with E-state index in [1.54, 1.807) is 13.8 Å². The highest BCUT2D eigenvalue weighted by molar-refractivity contribution is 5.79. The van der Waals surface area contributed by atoms with Crippen LogP contribution < -0.4 is 11.1 Å². The minimum atomic E-state index is -2.70. The second-order valence-corrected chi connectivity index (χ2v) is 6.46. The smallest absolute Gasteiger partial charge is 0.333 e. The summed E-state index contributed by atoms with van der Waals surface area (Å²) >= 11 is 0. The summed E-state index contributed by atoms with van der Waals surface area (Å²) in [4.78, 5) is 12.3. The number of nitrogens with one attached hydrogen (secondary N) is 1. The summed E-state index contributed by atoms with van der Waals surface area (Å²) < 4.78 is 26.3. The Hall–Kier alpha value is -1.50. The number of hydrogen-bond acceptors (Lipinski definition) is 3. The number of aryl methyl sites for hydroxylation is 1. The van der Waals surface area contributed by atoms with E-state index in [4.69, 9.17) is 5.73 Å². The third kappa shape index (κ3) is 4.50. The first-order valence-corrected chi connectivity index (χ1v) is 7.43. The van der Waals surface area contributed by atoms with E-state index in [-0.39, 0.29) is 12.3 Å². The number of amides is 1. The Morgan fingerprint density at radius 2 is 2.00 bits per heavy atom. The zero-order valence-electron chi connectivity index (χ0n) is 13.9. The molecule has 0 saturated carbocycles. The standard InChI is InChI=1S/C15H26F2N4O/c1-9(2)7-15(5,8-18)19-13(22)6-12-10(3)20-21(11(12)4)14(16)17/h9,14H,6-8,18H2,1-5H3,(H,19,22). The molecule has 0 aliphatic rings. The van der Waals surface area contributed by atoms with Crippen molar-refractivity contribution < 1.29 is 13.6 Å². The lowest BCUT2D eigenvalue weighted by Crippen LogP contribution is -2.52. The van der Waals surface area contributed by atoms with Crippen LogP contribution in [0.25, 0.3) is 0 Å². The highest BCUT2D eigenvalue weighted by Gasteiger charge is 2.27. The van der Waals surface area contributed by atoms with Crippen LogP contribution in [0.2, 0.25) is 0 Å². The number of nitrogens with zero attached hydrogens (tertiary/aromatic N) is 2. The highest BCUT2D eigenvalue weighted by atomic mass is 19.3. The number of carbonyl (C=O) groups is 1. The average molecular weight is 316 g/mol. The third-order valence-electron chi connectivity index (χ3n) is 3.75. The molecule has 0 radical (unpaired) electrons. The molecule has 0 saturated heterocycles.